The molecule has 0 saturated heterocycles. The number of rotatable bonds is 6. The summed E-state index contributed by atoms with van der Waals surface area (Å²) in [4.78, 5) is 7.62. The van der Waals surface area contributed by atoms with Crippen LogP contribution in [0.5, 0.6) is 5.75 Å². The number of phenolic OH excluding ortho intramolecular Hbond substituents is 1. The minimum Gasteiger partial charge on any atom is -0.505 e. The van der Waals surface area contributed by atoms with Gasteiger partial charge in [-0.1, -0.05) is 41.5 Å². The van der Waals surface area contributed by atoms with E-state index in [9.17, 15) is 9.50 Å². The molecule has 3 rings (SSSR count). The molecule has 0 aliphatic rings. The van der Waals surface area contributed by atoms with Gasteiger partial charge in [0.2, 0.25) is 0 Å². The summed E-state index contributed by atoms with van der Waals surface area (Å²) in [6.45, 7) is 13.3. The molecule has 29 heavy (non-hydrogen) atoms. The number of hydrogen-bond acceptors (Lipinski definition) is 2. The minimum atomic E-state index is -2.33. The molecule has 0 amide bonds. The smallest absolute Gasteiger partial charge is 0.165 e. The molecule has 6 heteroatoms. The van der Waals surface area contributed by atoms with Crippen LogP contribution in [0.3, 0.4) is 0 Å². The van der Waals surface area contributed by atoms with Gasteiger partial charge in [-0.2, -0.15) is 0 Å². The second-order valence-electron chi connectivity index (χ2n) is 8.87. The van der Waals surface area contributed by atoms with Crippen molar-refractivity contribution in [3.05, 3.63) is 59.4 Å². The molecule has 2 N–H and O–H groups in total. The largest absolute Gasteiger partial charge is 0.505 e. The van der Waals surface area contributed by atoms with E-state index in [4.69, 9.17) is 0 Å². The van der Waals surface area contributed by atoms with Crippen molar-refractivity contribution in [3.8, 4) is 5.75 Å². The van der Waals surface area contributed by atoms with Crippen molar-refractivity contribution >= 4 is 19.1 Å². The molecular weight excluding hydrogens is 386 g/mol. The van der Waals surface area contributed by atoms with Gasteiger partial charge in [0, 0.05) is 29.4 Å². The third-order valence-electron chi connectivity index (χ3n) is 6.67. The zero-order valence-electron chi connectivity index (χ0n) is 17.9. The van der Waals surface area contributed by atoms with E-state index >= 15 is 4.39 Å². The lowest BCUT2D eigenvalue weighted by Gasteiger charge is -2.49. The Morgan fingerprint density at radius 1 is 0.931 bits per heavy atom. The Morgan fingerprint density at radius 2 is 1.55 bits per heavy atom. The molecule has 0 fully saturated rings. The van der Waals surface area contributed by atoms with Crippen LogP contribution in [0, 0.1) is 11.6 Å². The Labute approximate surface area is 172 Å². The molecule has 3 nitrogen and oxygen atoms in total. The van der Waals surface area contributed by atoms with Gasteiger partial charge in [0.15, 0.2) is 11.6 Å². The number of phenols is 1. The van der Waals surface area contributed by atoms with Gasteiger partial charge < -0.3 is 10.1 Å². The Balaban J connectivity index is 2.43. The zero-order chi connectivity index (χ0) is 21.5. The Kier molecular flexibility index (Phi) is 5.85. The summed E-state index contributed by atoms with van der Waals surface area (Å²) >= 11 is 0. The molecule has 1 unspecified atom stereocenters. The number of H-pyrrole nitrogens is 1. The third-order valence-corrected chi connectivity index (χ3v) is 14.3. The highest BCUT2D eigenvalue weighted by Crippen LogP contribution is 2.54. The van der Waals surface area contributed by atoms with Gasteiger partial charge in [-0.15, -0.1) is 0 Å². The summed E-state index contributed by atoms with van der Waals surface area (Å²) in [5.74, 6) is -2.01. The SMILES string of the molecule is CC(C)[Si](C(C)C)(C(C)C)C(c1cc(F)c(O)cc1F)c1c[nH]c2ncccc12. The van der Waals surface area contributed by atoms with Crippen LogP contribution < -0.4 is 0 Å². The molecule has 0 aliphatic carbocycles. The van der Waals surface area contributed by atoms with E-state index in [0.717, 1.165) is 22.7 Å². The van der Waals surface area contributed by atoms with Crippen LogP contribution in [-0.2, 0) is 0 Å². The van der Waals surface area contributed by atoms with Gasteiger partial charge in [0.1, 0.15) is 11.5 Å². The monoisotopic (exact) mass is 416 g/mol. The maximum atomic E-state index is 15.3. The lowest BCUT2D eigenvalue weighted by molar-refractivity contribution is 0.425. The van der Waals surface area contributed by atoms with Crippen LogP contribution >= 0.6 is 0 Å². The molecule has 0 radical (unpaired) electrons. The molecule has 156 valence electrons. The number of fused-ring (bicyclic) bond motifs is 1. The fraction of sp³-hybridized carbons (Fsp3) is 0.435. The number of pyridine rings is 1. The molecule has 2 heterocycles. The first kappa shape index (κ1) is 21.5. The number of hydrogen-bond donors (Lipinski definition) is 2. The minimum absolute atomic E-state index is 0.282. The first-order valence-electron chi connectivity index (χ1n) is 10.2. The van der Waals surface area contributed by atoms with E-state index in [2.05, 4.69) is 51.5 Å². The quantitative estimate of drug-likeness (QED) is 0.430. The number of aromatic nitrogens is 2. The Bertz CT molecular complexity index is 992. The summed E-state index contributed by atoms with van der Waals surface area (Å²) in [6, 6.07) is 5.95. The first-order chi connectivity index (χ1) is 13.6. The maximum absolute atomic E-state index is 15.3. The number of nitrogens with zero attached hydrogens (tertiary/aromatic N) is 1. The van der Waals surface area contributed by atoms with Crippen LogP contribution in [0.1, 0.15) is 58.2 Å². The van der Waals surface area contributed by atoms with Crippen molar-refractivity contribution in [3.63, 3.8) is 0 Å². The van der Waals surface area contributed by atoms with Crippen molar-refractivity contribution in [2.24, 2.45) is 0 Å². The van der Waals surface area contributed by atoms with E-state index in [1.54, 1.807) is 6.20 Å². The van der Waals surface area contributed by atoms with Gasteiger partial charge in [0.05, 0.1) is 8.07 Å². The Morgan fingerprint density at radius 3 is 2.14 bits per heavy atom. The predicted molar refractivity (Wildman–Crippen MR) is 117 cm³/mol. The molecule has 1 aromatic carbocycles. The van der Waals surface area contributed by atoms with Gasteiger partial charge in [-0.05, 0) is 45.9 Å². The van der Waals surface area contributed by atoms with Crippen LogP contribution in [0.15, 0.2) is 36.7 Å². The fourth-order valence-corrected chi connectivity index (χ4v) is 13.2. The standard InChI is InChI=1S/C23H30F2N2OSi/c1-13(2)29(14(3)4,15(5)6)22(17-10-20(25)21(28)11-19(17)24)18-12-27-23-16(18)8-7-9-26-23/h7-15,22,28H,1-6H3,(H,26,27). The molecule has 2 aromatic heterocycles. The molecular formula is C23H30F2N2OSi. The molecule has 0 aliphatic heterocycles. The lowest BCUT2D eigenvalue weighted by Crippen LogP contribution is -2.51. The topological polar surface area (TPSA) is 48.9 Å². The summed E-state index contributed by atoms with van der Waals surface area (Å²) in [6.07, 6.45) is 3.62. The first-order valence-corrected chi connectivity index (χ1v) is 12.5. The van der Waals surface area contributed by atoms with Crippen molar-refractivity contribution in [2.45, 2.75) is 63.7 Å². The highest BCUT2D eigenvalue weighted by atomic mass is 28.3. The van der Waals surface area contributed by atoms with E-state index < -0.39 is 25.5 Å². The molecule has 0 spiro atoms. The maximum Gasteiger partial charge on any atom is 0.165 e. The summed E-state index contributed by atoms with van der Waals surface area (Å²) in [5, 5.41) is 10.7. The van der Waals surface area contributed by atoms with Crippen molar-refractivity contribution in [2.75, 3.05) is 0 Å². The second kappa shape index (κ2) is 7.90. The van der Waals surface area contributed by atoms with Crippen LogP contribution in [0.4, 0.5) is 8.78 Å². The molecule has 3 aromatic rings. The predicted octanol–water partition coefficient (Wildman–Crippen LogP) is 6.90. The van der Waals surface area contributed by atoms with Crippen LogP contribution in [0.25, 0.3) is 11.0 Å². The lowest BCUT2D eigenvalue weighted by atomic mass is 10.0. The van der Waals surface area contributed by atoms with E-state index in [-0.39, 0.29) is 5.54 Å². The Hall–Kier alpha value is -2.21. The van der Waals surface area contributed by atoms with E-state index in [1.807, 2.05) is 18.3 Å². The van der Waals surface area contributed by atoms with Gasteiger partial charge >= 0.3 is 0 Å². The number of aromatic hydroxyl groups is 1. The van der Waals surface area contributed by atoms with E-state index in [1.165, 1.54) is 6.07 Å². The van der Waals surface area contributed by atoms with E-state index in [0.29, 0.717) is 22.2 Å². The number of benzene rings is 1. The molecule has 0 saturated carbocycles. The zero-order valence-corrected chi connectivity index (χ0v) is 18.9. The van der Waals surface area contributed by atoms with Gasteiger partial charge in [-0.3, -0.25) is 0 Å². The highest BCUT2D eigenvalue weighted by molar-refractivity contribution is 6.85. The normalized spacial score (nSPS) is 13.8. The number of aromatic amines is 1. The van der Waals surface area contributed by atoms with Gasteiger partial charge in [0.25, 0.3) is 0 Å². The summed E-state index contributed by atoms with van der Waals surface area (Å²) in [5.41, 5.74) is 2.72. The fourth-order valence-electron chi connectivity index (χ4n) is 5.70. The molecule has 0 bridgehead atoms. The van der Waals surface area contributed by atoms with Crippen molar-refractivity contribution < 1.29 is 13.9 Å². The average Bonchev–Trinajstić information content (AvgIpc) is 3.05. The van der Waals surface area contributed by atoms with Crippen LogP contribution in [0.2, 0.25) is 16.6 Å². The highest BCUT2D eigenvalue weighted by Gasteiger charge is 2.51. The molecule has 1 atom stereocenters. The van der Waals surface area contributed by atoms with Crippen LogP contribution in [-0.4, -0.2) is 23.1 Å². The van der Waals surface area contributed by atoms with Gasteiger partial charge in [-0.25, -0.2) is 13.8 Å². The second-order valence-corrected chi connectivity index (χ2v) is 14.9. The summed E-state index contributed by atoms with van der Waals surface area (Å²) < 4.78 is 29.7. The average molecular weight is 417 g/mol. The third kappa shape index (κ3) is 3.37. The number of halogens is 2. The number of nitrogens with one attached hydrogen (secondary N) is 1. The summed E-state index contributed by atoms with van der Waals surface area (Å²) in [7, 11) is -2.33. The van der Waals surface area contributed by atoms with Crippen molar-refractivity contribution in [1.29, 1.82) is 0 Å². The van der Waals surface area contributed by atoms with Crippen molar-refractivity contribution in [1.82, 2.24) is 9.97 Å².